The molecule has 12 nitrogen and oxygen atoms in total. The predicted molar refractivity (Wildman–Crippen MR) is 222 cm³/mol. The molecule has 304 valence electrons. The summed E-state index contributed by atoms with van der Waals surface area (Å²) in [5, 5.41) is 51.0. The first kappa shape index (κ1) is 40.8. The molecule has 0 spiro atoms. The van der Waals surface area contributed by atoms with Gasteiger partial charge >= 0.3 is 0 Å². The maximum Gasteiger partial charge on any atom is 0.0949 e. The van der Waals surface area contributed by atoms with Crippen molar-refractivity contribution in [2.45, 2.75) is 24.4 Å². The highest BCUT2D eigenvalue weighted by atomic mass is 16.5. The van der Waals surface area contributed by atoms with Crippen LogP contribution in [-0.4, -0.2) is 102 Å². The van der Waals surface area contributed by atoms with Gasteiger partial charge in [-0.15, -0.1) is 24.4 Å². The molecule has 4 aliphatic heterocycles. The highest BCUT2D eigenvalue weighted by Gasteiger charge is 2.36. The van der Waals surface area contributed by atoms with E-state index in [4.69, 9.17) is 9.47 Å². The molecule has 2 fully saturated rings. The van der Waals surface area contributed by atoms with Crippen molar-refractivity contribution in [3.05, 3.63) is 144 Å². The summed E-state index contributed by atoms with van der Waals surface area (Å²) in [6.45, 7) is 2.71. The first-order chi connectivity index (χ1) is 28.2. The molecule has 4 heterocycles. The zero-order valence-corrected chi connectivity index (χ0v) is 33.3. The Bertz CT molecular complexity index is 1900. The van der Waals surface area contributed by atoms with Gasteiger partial charge in [0.1, 0.15) is 0 Å². The molecule has 0 unspecified atom stereocenters. The third kappa shape index (κ3) is 8.87. The smallest absolute Gasteiger partial charge is 0.0949 e. The lowest BCUT2D eigenvalue weighted by Gasteiger charge is -2.60. The number of nitrogens with zero attached hydrogens (tertiary/aromatic N) is 6. The second kappa shape index (κ2) is 18.5. The Morgan fingerprint density at radius 3 is 1.28 bits per heavy atom. The predicted octanol–water partition coefficient (Wildman–Crippen LogP) is 2.25. The molecule has 12 heteroatoms. The molecule has 0 bridgehead atoms. The fraction of sp³-hybridized carbons (Fsp3) is 0.348. The van der Waals surface area contributed by atoms with Crippen molar-refractivity contribution < 1.29 is 29.9 Å². The van der Waals surface area contributed by atoms with E-state index < -0.39 is 48.1 Å². The van der Waals surface area contributed by atoms with Crippen LogP contribution in [0.5, 0.6) is 0 Å². The number of aliphatic imine (C=N–C) groups is 2. The van der Waals surface area contributed by atoms with E-state index >= 15 is 0 Å². The molecule has 0 aromatic heterocycles. The third-order valence-electron chi connectivity index (χ3n) is 11.2. The van der Waals surface area contributed by atoms with Gasteiger partial charge in [-0.2, -0.15) is 0 Å². The largest absolute Gasteiger partial charge is 0.851 e. The molecule has 2 aromatic rings. The molecule has 0 amide bonds. The number of fused-ring (bicyclic) bond motifs is 2. The van der Waals surface area contributed by atoms with Crippen molar-refractivity contribution >= 4 is 35.2 Å². The summed E-state index contributed by atoms with van der Waals surface area (Å²) in [6.07, 6.45) is 22.0. The number of hydrogen-bond acceptors (Lipinski definition) is 12. The number of ether oxygens (including phenoxy) is 2. The average Bonchev–Trinajstić information content (AvgIpc) is 3.26. The van der Waals surface area contributed by atoms with Gasteiger partial charge in [0.15, 0.2) is 0 Å². The molecule has 6 aliphatic rings. The molecule has 0 radical (unpaired) electrons. The summed E-state index contributed by atoms with van der Waals surface area (Å²) in [5.74, 6) is -2.15. The van der Waals surface area contributed by atoms with Crippen LogP contribution in [0.15, 0.2) is 143 Å². The highest BCUT2D eigenvalue weighted by molar-refractivity contribution is 5.87. The second-order valence-corrected chi connectivity index (χ2v) is 15.1. The monoisotopic (exact) mass is 782 g/mol. The van der Waals surface area contributed by atoms with Gasteiger partial charge in [-0.25, -0.2) is 9.98 Å². The standard InChI is InChI=1S/C30H32N2O4.C16H18N4O2/c1-35-17-15-31-13-11-21(23-7-3-5-9-27(23)31)19-25-29(33)26(30(25)34)20-22-12-14-32(16-18-36-2)28-10-6-4-8-24(22)28;1-19-5-3-11(17-9-19)7-13-15(21)14(16(13)22)8-12-4-6-20(2)10-18-12/h3-14,19-20,25-26,29-30H,15-18H2,1-2H3;3-10,13-16H,1-2H3/q2*-2. The van der Waals surface area contributed by atoms with E-state index in [0.29, 0.717) is 24.6 Å². The number of rotatable bonds is 10. The first-order valence-electron chi connectivity index (χ1n) is 19.6. The Morgan fingerprint density at radius 2 is 0.914 bits per heavy atom. The highest BCUT2D eigenvalue weighted by Crippen LogP contribution is 2.42. The van der Waals surface area contributed by atoms with E-state index in [0.717, 1.165) is 46.7 Å². The maximum atomic E-state index is 13.2. The van der Waals surface area contributed by atoms with Crippen LogP contribution in [-0.2, 0) is 9.47 Å². The molecule has 2 aromatic carbocycles. The molecule has 0 N–H and O–H groups in total. The van der Waals surface area contributed by atoms with Crippen molar-refractivity contribution in [2.75, 3.05) is 64.4 Å². The summed E-state index contributed by atoms with van der Waals surface area (Å²) < 4.78 is 10.5. The SMILES string of the molecule is CN1C=CC(=CC2C([O-])C(C=C3C=CN(C)C=N3)C2[O-])N=C1.COCCN1C=CC(=CC2C([O-])C(C=C3C=CN(CCOC)c4ccccc43)C2[O-])c2ccccc21. The molecule has 2 saturated carbocycles. The van der Waals surface area contributed by atoms with Crippen LogP contribution in [0, 0.1) is 23.7 Å². The van der Waals surface area contributed by atoms with Crippen molar-refractivity contribution in [1.82, 2.24) is 9.80 Å². The van der Waals surface area contributed by atoms with Crippen molar-refractivity contribution in [3.8, 4) is 0 Å². The zero-order chi connectivity index (χ0) is 40.8. The average molecular weight is 783 g/mol. The van der Waals surface area contributed by atoms with E-state index in [-0.39, 0.29) is 0 Å². The number of para-hydroxylation sites is 2. The Labute approximate surface area is 341 Å². The van der Waals surface area contributed by atoms with Crippen LogP contribution in [0.25, 0.3) is 11.1 Å². The Hall–Kier alpha value is -5.34. The van der Waals surface area contributed by atoms with Crippen molar-refractivity contribution in [3.63, 3.8) is 0 Å². The number of hydrogen-bond donors (Lipinski definition) is 0. The minimum Gasteiger partial charge on any atom is -0.851 e. The van der Waals surface area contributed by atoms with E-state index in [2.05, 4.69) is 31.9 Å². The minimum atomic E-state index is -0.966. The lowest BCUT2D eigenvalue weighted by atomic mass is 9.67. The summed E-state index contributed by atoms with van der Waals surface area (Å²) in [7, 11) is 7.11. The molecule has 0 atom stereocenters. The van der Waals surface area contributed by atoms with Crippen molar-refractivity contribution in [1.29, 1.82) is 0 Å². The number of anilines is 2. The first-order valence-corrected chi connectivity index (χ1v) is 19.6. The van der Waals surface area contributed by atoms with Gasteiger partial charge in [0.25, 0.3) is 0 Å². The Balaban J connectivity index is 0.000000199. The Kier molecular flexibility index (Phi) is 13.0. The van der Waals surface area contributed by atoms with E-state index in [1.807, 2.05) is 99.6 Å². The Morgan fingerprint density at radius 1 is 0.534 bits per heavy atom. The lowest BCUT2D eigenvalue weighted by molar-refractivity contribution is -0.550. The molecular weight excluding hydrogens is 733 g/mol. The summed E-state index contributed by atoms with van der Waals surface area (Å²) in [5.41, 5.74) is 7.43. The van der Waals surface area contributed by atoms with Crippen LogP contribution in [0.1, 0.15) is 11.1 Å². The second-order valence-electron chi connectivity index (χ2n) is 15.1. The van der Waals surface area contributed by atoms with Gasteiger partial charge in [-0.1, -0.05) is 60.7 Å². The van der Waals surface area contributed by atoms with Crippen LogP contribution in [0.4, 0.5) is 11.4 Å². The summed E-state index contributed by atoms with van der Waals surface area (Å²) in [6, 6.07) is 16.2. The number of allylic oxidation sites excluding steroid dienone is 6. The molecule has 8 rings (SSSR count). The summed E-state index contributed by atoms with van der Waals surface area (Å²) >= 11 is 0. The zero-order valence-electron chi connectivity index (χ0n) is 33.3. The van der Waals surface area contributed by atoms with E-state index in [1.54, 1.807) is 61.0 Å². The van der Waals surface area contributed by atoms with Gasteiger partial charge in [0, 0.05) is 88.7 Å². The minimum absolute atomic E-state index is 0.527. The van der Waals surface area contributed by atoms with E-state index in [9.17, 15) is 20.4 Å². The molecule has 0 saturated heterocycles. The summed E-state index contributed by atoms with van der Waals surface area (Å²) in [4.78, 5) is 16.3. The van der Waals surface area contributed by atoms with Gasteiger partial charge in [0.05, 0.1) is 37.3 Å². The van der Waals surface area contributed by atoms with Crippen LogP contribution in [0.3, 0.4) is 0 Å². The topological polar surface area (TPSA) is 148 Å². The quantitative estimate of drug-likeness (QED) is 0.352. The number of benzene rings is 2. The van der Waals surface area contributed by atoms with Gasteiger partial charge < -0.3 is 49.5 Å². The fourth-order valence-electron chi connectivity index (χ4n) is 7.79. The van der Waals surface area contributed by atoms with E-state index in [1.165, 1.54) is 0 Å². The molecular formula is C46H50N6O6-4. The van der Waals surface area contributed by atoms with Crippen LogP contribution >= 0.6 is 0 Å². The maximum absolute atomic E-state index is 13.2. The van der Waals surface area contributed by atoms with Gasteiger partial charge in [-0.3, -0.25) is 0 Å². The number of methoxy groups -OCH3 is 2. The normalized spacial score (nSPS) is 30.8. The molecule has 2 aliphatic carbocycles. The van der Waals surface area contributed by atoms with Gasteiger partial charge in [0.2, 0.25) is 0 Å². The van der Waals surface area contributed by atoms with Crippen LogP contribution in [0.2, 0.25) is 0 Å². The fourth-order valence-corrected chi connectivity index (χ4v) is 7.79. The van der Waals surface area contributed by atoms with Gasteiger partial charge in [-0.05, 0) is 71.3 Å². The molecule has 58 heavy (non-hydrogen) atoms. The van der Waals surface area contributed by atoms with Crippen LogP contribution < -0.4 is 30.2 Å². The third-order valence-corrected chi connectivity index (χ3v) is 11.2. The van der Waals surface area contributed by atoms with Crippen molar-refractivity contribution in [2.24, 2.45) is 33.7 Å². The lowest BCUT2D eigenvalue weighted by Crippen LogP contribution is -2.65.